The van der Waals surface area contributed by atoms with Crippen LogP contribution in [0.2, 0.25) is 0 Å². The first kappa shape index (κ1) is 20.2. The summed E-state index contributed by atoms with van der Waals surface area (Å²) in [6.45, 7) is 3.11. The Bertz CT molecular complexity index is 958. The Kier molecular flexibility index (Phi) is 6.35. The van der Waals surface area contributed by atoms with Gasteiger partial charge in [0.25, 0.3) is 15.7 Å². The van der Waals surface area contributed by atoms with Crippen LogP contribution in [-0.4, -0.2) is 32.5 Å². The zero-order valence-electron chi connectivity index (χ0n) is 14.7. The van der Waals surface area contributed by atoms with Crippen LogP contribution in [-0.2, 0) is 19.6 Å². The highest BCUT2D eigenvalue weighted by Gasteiger charge is 2.20. The third-order valence-electron chi connectivity index (χ3n) is 3.44. The van der Waals surface area contributed by atoms with Crippen molar-refractivity contribution in [3.05, 3.63) is 58.1 Å². The van der Waals surface area contributed by atoms with Gasteiger partial charge in [-0.2, -0.15) is 0 Å². The molecule has 0 unspecified atom stereocenters. The highest BCUT2D eigenvalue weighted by molar-refractivity contribution is 7.92. The highest BCUT2D eigenvalue weighted by atomic mass is 32.2. The number of benzene rings is 2. The third kappa shape index (κ3) is 5.42. The number of sulfonamides is 1. The highest BCUT2D eigenvalue weighted by Crippen LogP contribution is 2.25. The van der Waals surface area contributed by atoms with Crippen molar-refractivity contribution in [1.82, 2.24) is 0 Å². The summed E-state index contributed by atoms with van der Waals surface area (Å²) in [7, 11) is -4.04. The van der Waals surface area contributed by atoms with Gasteiger partial charge < -0.3 is 9.47 Å². The number of rotatable bonds is 8. The largest absolute Gasteiger partial charge is 0.482 e. The van der Waals surface area contributed by atoms with E-state index in [-0.39, 0.29) is 35.2 Å². The number of carbonyl (C=O) groups excluding carboxylic acids is 1. The van der Waals surface area contributed by atoms with Crippen molar-refractivity contribution in [1.29, 1.82) is 0 Å². The quantitative estimate of drug-likeness (QED) is 0.414. The minimum Gasteiger partial charge on any atom is -0.482 e. The smallest absolute Gasteiger partial charge is 0.344 e. The number of nitrogens with zero attached hydrogens (tertiary/aromatic N) is 1. The van der Waals surface area contributed by atoms with Gasteiger partial charge in [-0.05, 0) is 32.0 Å². The van der Waals surface area contributed by atoms with E-state index in [2.05, 4.69) is 4.72 Å². The van der Waals surface area contributed by atoms with Crippen molar-refractivity contribution in [3.8, 4) is 5.75 Å². The zero-order valence-corrected chi connectivity index (χ0v) is 15.5. The van der Waals surface area contributed by atoms with Crippen LogP contribution >= 0.6 is 0 Å². The lowest BCUT2D eigenvalue weighted by Crippen LogP contribution is -2.15. The van der Waals surface area contributed by atoms with E-state index < -0.39 is 20.9 Å². The van der Waals surface area contributed by atoms with E-state index in [1.807, 2.05) is 0 Å². The summed E-state index contributed by atoms with van der Waals surface area (Å²) in [5.74, 6) is -0.284. The van der Waals surface area contributed by atoms with Crippen LogP contribution in [0.1, 0.15) is 12.5 Å². The SMILES string of the molecule is CCOC(=O)COc1cccc(NS(=O)(=O)c2ccc(C)c([N+](=O)[O-])c2)c1. The minimum absolute atomic E-state index is 0.180. The molecule has 0 atom stereocenters. The summed E-state index contributed by atoms with van der Waals surface area (Å²) < 4.78 is 37.3. The zero-order chi connectivity index (χ0) is 20.0. The maximum Gasteiger partial charge on any atom is 0.344 e. The van der Waals surface area contributed by atoms with Crippen LogP contribution in [0.4, 0.5) is 11.4 Å². The Labute approximate surface area is 156 Å². The molecule has 2 rings (SSSR count). The summed E-state index contributed by atoms with van der Waals surface area (Å²) in [5.41, 5.74) is 0.247. The molecule has 2 aromatic rings. The number of aryl methyl sites for hydroxylation is 1. The molecular formula is C17H18N2O7S. The van der Waals surface area contributed by atoms with E-state index in [1.54, 1.807) is 13.0 Å². The maximum atomic E-state index is 12.5. The van der Waals surface area contributed by atoms with Crippen LogP contribution in [0, 0.1) is 17.0 Å². The normalized spacial score (nSPS) is 10.9. The van der Waals surface area contributed by atoms with Crippen molar-refractivity contribution in [2.24, 2.45) is 0 Å². The summed E-state index contributed by atoms with van der Waals surface area (Å²) in [4.78, 5) is 21.5. The van der Waals surface area contributed by atoms with Gasteiger partial charge in [0.1, 0.15) is 5.75 Å². The van der Waals surface area contributed by atoms with Crippen molar-refractivity contribution in [2.45, 2.75) is 18.7 Å². The van der Waals surface area contributed by atoms with Gasteiger partial charge in [0.15, 0.2) is 6.61 Å². The Morgan fingerprint density at radius 2 is 1.96 bits per heavy atom. The molecule has 0 amide bonds. The second-order valence-corrected chi connectivity index (χ2v) is 7.11. The fourth-order valence-corrected chi connectivity index (χ4v) is 3.23. The van der Waals surface area contributed by atoms with E-state index in [9.17, 15) is 23.3 Å². The third-order valence-corrected chi connectivity index (χ3v) is 4.81. The molecule has 0 bridgehead atoms. The average molecular weight is 394 g/mol. The first-order chi connectivity index (χ1) is 12.7. The molecule has 0 fully saturated rings. The molecule has 0 aliphatic rings. The number of hydrogen-bond donors (Lipinski definition) is 1. The van der Waals surface area contributed by atoms with E-state index in [0.717, 1.165) is 6.07 Å². The number of carbonyl (C=O) groups is 1. The summed E-state index contributed by atoms with van der Waals surface area (Å²) >= 11 is 0. The van der Waals surface area contributed by atoms with Gasteiger partial charge >= 0.3 is 5.97 Å². The van der Waals surface area contributed by atoms with Gasteiger partial charge in [0.05, 0.1) is 22.1 Å². The fraction of sp³-hybridized carbons (Fsp3) is 0.235. The molecule has 27 heavy (non-hydrogen) atoms. The molecule has 0 aliphatic carbocycles. The average Bonchev–Trinajstić information content (AvgIpc) is 2.60. The predicted molar refractivity (Wildman–Crippen MR) is 97.2 cm³/mol. The second-order valence-electron chi connectivity index (χ2n) is 5.43. The number of esters is 1. The molecule has 0 aliphatic heterocycles. The molecule has 9 nitrogen and oxygen atoms in total. The first-order valence-electron chi connectivity index (χ1n) is 7.89. The second kappa shape index (κ2) is 8.49. The number of nitro benzene ring substituents is 1. The number of nitro groups is 1. The lowest BCUT2D eigenvalue weighted by molar-refractivity contribution is -0.385. The molecule has 0 aromatic heterocycles. The van der Waals surface area contributed by atoms with Gasteiger partial charge in [-0.15, -0.1) is 0 Å². The summed E-state index contributed by atoms with van der Waals surface area (Å²) in [6, 6.07) is 9.61. The Balaban J connectivity index is 2.18. The molecule has 0 saturated heterocycles. The predicted octanol–water partition coefficient (Wildman–Crippen LogP) is 2.65. The van der Waals surface area contributed by atoms with Gasteiger partial charge in [-0.3, -0.25) is 14.8 Å². The minimum atomic E-state index is -4.04. The lowest BCUT2D eigenvalue weighted by Gasteiger charge is -2.11. The fourth-order valence-electron chi connectivity index (χ4n) is 2.16. The van der Waals surface area contributed by atoms with Gasteiger partial charge in [-0.25, -0.2) is 13.2 Å². The molecule has 0 heterocycles. The van der Waals surface area contributed by atoms with Crippen LogP contribution in [0.25, 0.3) is 0 Å². The number of nitrogens with one attached hydrogen (secondary N) is 1. The molecule has 144 valence electrons. The number of ether oxygens (including phenoxy) is 2. The number of hydrogen-bond acceptors (Lipinski definition) is 7. The first-order valence-corrected chi connectivity index (χ1v) is 9.37. The maximum absolute atomic E-state index is 12.5. The Morgan fingerprint density at radius 3 is 2.63 bits per heavy atom. The van der Waals surface area contributed by atoms with Gasteiger partial charge in [0, 0.05) is 17.7 Å². The van der Waals surface area contributed by atoms with Crippen LogP contribution in [0.5, 0.6) is 5.75 Å². The van der Waals surface area contributed by atoms with Gasteiger partial charge in [-0.1, -0.05) is 12.1 Å². The molecule has 0 radical (unpaired) electrons. The van der Waals surface area contributed by atoms with Crippen LogP contribution < -0.4 is 9.46 Å². The summed E-state index contributed by atoms with van der Waals surface area (Å²) in [5, 5.41) is 11.0. The topological polar surface area (TPSA) is 125 Å². The summed E-state index contributed by atoms with van der Waals surface area (Å²) in [6.07, 6.45) is 0. The molecule has 0 saturated carbocycles. The van der Waals surface area contributed by atoms with Crippen molar-refractivity contribution in [2.75, 3.05) is 17.9 Å². The number of anilines is 1. The standard InChI is InChI=1S/C17H18N2O7S/c1-3-25-17(20)11-26-14-6-4-5-13(9-14)18-27(23,24)15-8-7-12(2)16(10-15)19(21)22/h4-10,18H,3,11H2,1-2H3. The van der Waals surface area contributed by atoms with E-state index in [1.165, 1.54) is 37.3 Å². The molecule has 0 spiro atoms. The lowest BCUT2D eigenvalue weighted by atomic mass is 10.2. The Morgan fingerprint density at radius 1 is 1.22 bits per heavy atom. The van der Waals surface area contributed by atoms with Crippen molar-refractivity contribution in [3.63, 3.8) is 0 Å². The molecular weight excluding hydrogens is 376 g/mol. The van der Waals surface area contributed by atoms with Crippen LogP contribution in [0.15, 0.2) is 47.4 Å². The van der Waals surface area contributed by atoms with E-state index in [0.29, 0.717) is 5.56 Å². The Hall–Kier alpha value is -3.14. The van der Waals surface area contributed by atoms with Gasteiger partial charge in [0.2, 0.25) is 0 Å². The van der Waals surface area contributed by atoms with Crippen molar-refractivity contribution < 1.29 is 27.6 Å². The van der Waals surface area contributed by atoms with Crippen molar-refractivity contribution >= 4 is 27.4 Å². The van der Waals surface area contributed by atoms with E-state index >= 15 is 0 Å². The van der Waals surface area contributed by atoms with Crippen LogP contribution in [0.3, 0.4) is 0 Å². The monoisotopic (exact) mass is 394 g/mol. The molecule has 10 heteroatoms. The molecule has 1 N–H and O–H groups in total. The van der Waals surface area contributed by atoms with E-state index in [4.69, 9.17) is 9.47 Å². The molecule has 2 aromatic carbocycles.